The molecule has 1 aliphatic heterocycles. The van der Waals surface area contributed by atoms with E-state index in [0.29, 0.717) is 6.54 Å². The molecule has 124 valence electrons. The molecule has 1 fully saturated rings. The zero-order valence-electron chi connectivity index (χ0n) is 13.3. The Morgan fingerprint density at radius 1 is 1.30 bits per heavy atom. The molecule has 1 unspecified atom stereocenters. The van der Waals surface area contributed by atoms with E-state index in [-0.39, 0.29) is 11.1 Å². The second kappa shape index (κ2) is 6.33. The van der Waals surface area contributed by atoms with Gasteiger partial charge in [-0.2, -0.15) is 4.31 Å². The summed E-state index contributed by atoms with van der Waals surface area (Å²) < 4.78 is 34.4. The molecule has 0 radical (unpaired) electrons. The molecular weight excluding hydrogens is 314 g/mol. The average molecular weight is 335 g/mol. The van der Waals surface area contributed by atoms with Crippen molar-refractivity contribution in [1.82, 2.24) is 13.9 Å². The van der Waals surface area contributed by atoms with Crippen molar-refractivity contribution in [3.05, 3.63) is 42.4 Å². The molecule has 0 N–H and O–H groups in total. The van der Waals surface area contributed by atoms with E-state index in [1.165, 1.54) is 6.33 Å². The number of ether oxygens (including phenoxy) is 1. The molecule has 7 heteroatoms. The van der Waals surface area contributed by atoms with Crippen LogP contribution < -0.4 is 4.74 Å². The second-order valence-corrected chi connectivity index (χ2v) is 7.62. The topological polar surface area (TPSA) is 64.4 Å². The number of aromatic nitrogens is 2. The van der Waals surface area contributed by atoms with Crippen LogP contribution >= 0.6 is 0 Å². The minimum Gasteiger partial charge on any atom is -0.497 e. The molecule has 1 aliphatic rings. The Kier molecular flexibility index (Phi) is 4.41. The van der Waals surface area contributed by atoms with Crippen molar-refractivity contribution >= 4 is 10.0 Å². The fourth-order valence-corrected chi connectivity index (χ4v) is 4.67. The largest absolute Gasteiger partial charge is 0.497 e. The molecule has 1 saturated heterocycles. The Morgan fingerprint density at radius 3 is 2.83 bits per heavy atom. The molecule has 1 aromatic carbocycles. The first kappa shape index (κ1) is 16.0. The zero-order chi connectivity index (χ0) is 16.4. The Labute approximate surface area is 136 Å². The van der Waals surface area contributed by atoms with Gasteiger partial charge in [-0.05, 0) is 30.5 Å². The quantitative estimate of drug-likeness (QED) is 0.860. The molecule has 0 saturated carbocycles. The van der Waals surface area contributed by atoms with Crippen LogP contribution in [-0.2, 0) is 17.1 Å². The second-order valence-electron chi connectivity index (χ2n) is 5.78. The molecule has 1 atom stereocenters. The van der Waals surface area contributed by atoms with Gasteiger partial charge in [-0.25, -0.2) is 13.4 Å². The number of hydrogen-bond donors (Lipinski definition) is 0. The molecule has 6 nitrogen and oxygen atoms in total. The maximum atomic E-state index is 13.0. The summed E-state index contributed by atoms with van der Waals surface area (Å²) in [5.74, 6) is 0.739. The van der Waals surface area contributed by atoms with Crippen molar-refractivity contribution in [2.45, 2.75) is 30.3 Å². The van der Waals surface area contributed by atoms with Gasteiger partial charge in [0.15, 0.2) is 5.03 Å². The van der Waals surface area contributed by atoms with Gasteiger partial charge in [0.25, 0.3) is 10.0 Å². The lowest BCUT2D eigenvalue weighted by molar-refractivity contribution is 0.254. The fourth-order valence-electron chi connectivity index (χ4n) is 3.02. The highest BCUT2D eigenvalue weighted by atomic mass is 32.2. The van der Waals surface area contributed by atoms with Crippen molar-refractivity contribution in [1.29, 1.82) is 0 Å². The van der Waals surface area contributed by atoms with Crippen LogP contribution in [0.1, 0.15) is 30.9 Å². The monoisotopic (exact) mass is 335 g/mol. The molecule has 1 aromatic heterocycles. The highest BCUT2D eigenvalue weighted by Gasteiger charge is 2.35. The number of imidazole rings is 1. The number of hydrogen-bond acceptors (Lipinski definition) is 4. The third-order valence-corrected chi connectivity index (χ3v) is 5.98. The fraction of sp³-hybridized carbons (Fsp3) is 0.438. The minimum absolute atomic E-state index is 0.106. The Hall–Kier alpha value is -1.86. The van der Waals surface area contributed by atoms with E-state index in [1.54, 1.807) is 29.2 Å². The van der Waals surface area contributed by atoms with Gasteiger partial charge >= 0.3 is 0 Å². The minimum atomic E-state index is -3.60. The van der Waals surface area contributed by atoms with E-state index in [9.17, 15) is 8.42 Å². The van der Waals surface area contributed by atoms with E-state index in [1.807, 2.05) is 24.3 Å². The number of rotatable bonds is 4. The van der Waals surface area contributed by atoms with Crippen molar-refractivity contribution < 1.29 is 13.2 Å². The van der Waals surface area contributed by atoms with Crippen molar-refractivity contribution in [2.24, 2.45) is 7.05 Å². The summed E-state index contributed by atoms with van der Waals surface area (Å²) in [4.78, 5) is 4.03. The first-order valence-corrected chi connectivity index (χ1v) is 9.10. The first-order valence-electron chi connectivity index (χ1n) is 7.66. The van der Waals surface area contributed by atoms with E-state index in [0.717, 1.165) is 30.6 Å². The molecular formula is C16H21N3O3S. The molecule has 23 heavy (non-hydrogen) atoms. The number of methoxy groups -OCH3 is 1. The molecule has 2 heterocycles. The number of piperidine rings is 1. The van der Waals surface area contributed by atoms with E-state index in [2.05, 4.69) is 4.98 Å². The lowest BCUT2D eigenvalue weighted by Gasteiger charge is -2.34. The Balaban J connectivity index is 1.98. The maximum Gasteiger partial charge on any atom is 0.262 e. The number of benzene rings is 1. The number of aryl methyl sites for hydroxylation is 1. The summed E-state index contributed by atoms with van der Waals surface area (Å²) in [6.45, 7) is 0.515. The highest BCUT2D eigenvalue weighted by molar-refractivity contribution is 7.89. The van der Waals surface area contributed by atoms with Crippen LogP contribution in [-0.4, -0.2) is 35.9 Å². The van der Waals surface area contributed by atoms with Crippen LogP contribution in [0.3, 0.4) is 0 Å². The van der Waals surface area contributed by atoms with Crippen molar-refractivity contribution in [3.63, 3.8) is 0 Å². The summed E-state index contributed by atoms with van der Waals surface area (Å²) in [7, 11) is -0.218. The standard InChI is InChI=1S/C16H21N3O3S/c1-18-11-16(17-12-18)23(20,21)19-9-4-3-8-15(19)13-6-5-7-14(10-13)22-2/h5-7,10-12,15H,3-4,8-9H2,1-2H3. The predicted molar refractivity (Wildman–Crippen MR) is 86.7 cm³/mol. The summed E-state index contributed by atoms with van der Waals surface area (Å²) in [5, 5.41) is 0.106. The summed E-state index contributed by atoms with van der Waals surface area (Å²) in [5.41, 5.74) is 0.962. The SMILES string of the molecule is COc1cccc(C2CCCCN2S(=O)(=O)c2cn(C)cn2)c1. The van der Waals surface area contributed by atoms with E-state index in [4.69, 9.17) is 4.74 Å². The predicted octanol–water partition coefficient (Wildman–Crippen LogP) is 2.34. The molecule has 0 bridgehead atoms. The summed E-state index contributed by atoms with van der Waals surface area (Å²) in [6.07, 6.45) is 5.74. The normalized spacial score (nSPS) is 19.7. The molecule has 0 aliphatic carbocycles. The summed E-state index contributed by atoms with van der Waals surface area (Å²) in [6, 6.07) is 7.46. The highest BCUT2D eigenvalue weighted by Crippen LogP contribution is 2.36. The van der Waals surface area contributed by atoms with Crippen LogP contribution in [0.25, 0.3) is 0 Å². The van der Waals surface area contributed by atoms with Crippen LogP contribution in [0.2, 0.25) is 0 Å². The van der Waals surface area contributed by atoms with Crippen molar-refractivity contribution in [3.8, 4) is 5.75 Å². The van der Waals surface area contributed by atoms with E-state index >= 15 is 0 Å². The first-order chi connectivity index (χ1) is 11.0. The van der Waals surface area contributed by atoms with Gasteiger partial charge < -0.3 is 9.30 Å². The van der Waals surface area contributed by atoms with Crippen LogP contribution in [0.15, 0.2) is 41.8 Å². The third-order valence-electron chi connectivity index (χ3n) is 4.19. The van der Waals surface area contributed by atoms with Gasteiger partial charge in [-0.3, -0.25) is 0 Å². The van der Waals surface area contributed by atoms with Gasteiger partial charge in [-0.15, -0.1) is 0 Å². The van der Waals surface area contributed by atoms with Crippen LogP contribution in [0.5, 0.6) is 5.75 Å². The van der Waals surface area contributed by atoms with Gasteiger partial charge in [0, 0.05) is 19.8 Å². The van der Waals surface area contributed by atoms with Gasteiger partial charge in [0.1, 0.15) is 5.75 Å². The lowest BCUT2D eigenvalue weighted by atomic mass is 9.97. The van der Waals surface area contributed by atoms with Gasteiger partial charge in [-0.1, -0.05) is 18.6 Å². The maximum absolute atomic E-state index is 13.0. The van der Waals surface area contributed by atoms with Gasteiger partial charge in [0.2, 0.25) is 0 Å². The van der Waals surface area contributed by atoms with Crippen LogP contribution in [0.4, 0.5) is 0 Å². The molecule has 0 spiro atoms. The average Bonchev–Trinajstić information content (AvgIpc) is 3.02. The molecule has 3 rings (SSSR count). The zero-order valence-corrected chi connectivity index (χ0v) is 14.2. The lowest BCUT2D eigenvalue weighted by Crippen LogP contribution is -2.38. The van der Waals surface area contributed by atoms with Gasteiger partial charge in [0.05, 0.1) is 19.5 Å². The summed E-state index contributed by atoms with van der Waals surface area (Å²) >= 11 is 0. The smallest absolute Gasteiger partial charge is 0.262 e. The number of sulfonamides is 1. The molecule has 0 amide bonds. The van der Waals surface area contributed by atoms with Crippen LogP contribution in [0, 0.1) is 0 Å². The Bertz CT molecular complexity index is 785. The third kappa shape index (κ3) is 3.11. The van der Waals surface area contributed by atoms with Crippen molar-refractivity contribution in [2.75, 3.05) is 13.7 Å². The molecule has 2 aromatic rings. The van der Waals surface area contributed by atoms with E-state index < -0.39 is 10.0 Å². The number of nitrogens with zero attached hydrogens (tertiary/aromatic N) is 3. The Morgan fingerprint density at radius 2 is 2.13 bits per heavy atom.